The summed E-state index contributed by atoms with van der Waals surface area (Å²) >= 11 is 0. The smallest absolute Gasteiger partial charge is 0.227 e. The van der Waals surface area contributed by atoms with E-state index in [0.717, 1.165) is 31.4 Å². The molecule has 2 unspecified atom stereocenters. The van der Waals surface area contributed by atoms with Crippen molar-refractivity contribution >= 4 is 5.91 Å². The van der Waals surface area contributed by atoms with Crippen molar-refractivity contribution in [1.82, 2.24) is 4.90 Å². The van der Waals surface area contributed by atoms with Crippen molar-refractivity contribution in [1.29, 1.82) is 0 Å². The largest absolute Gasteiger partial charge is 0.492 e. The van der Waals surface area contributed by atoms with Gasteiger partial charge in [-0.05, 0) is 25.0 Å². The van der Waals surface area contributed by atoms with E-state index in [1.165, 1.54) is 0 Å². The first-order valence-corrected chi connectivity index (χ1v) is 7.37. The molecule has 0 heterocycles. The molecule has 4 nitrogen and oxygen atoms in total. The van der Waals surface area contributed by atoms with Gasteiger partial charge in [0.25, 0.3) is 0 Å². The summed E-state index contributed by atoms with van der Waals surface area (Å²) in [6.07, 6.45) is 4.14. The van der Waals surface area contributed by atoms with Crippen LogP contribution in [0.4, 0.5) is 0 Å². The zero-order valence-electron chi connectivity index (χ0n) is 12.1. The van der Waals surface area contributed by atoms with Crippen LogP contribution in [-0.2, 0) is 4.79 Å². The molecule has 0 aliphatic heterocycles. The van der Waals surface area contributed by atoms with Crippen LogP contribution in [0.5, 0.6) is 5.75 Å². The quantitative estimate of drug-likeness (QED) is 0.895. The third-order valence-electron chi connectivity index (χ3n) is 3.95. The Morgan fingerprint density at radius 3 is 2.70 bits per heavy atom. The van der Waals surface area contributed by atoms with Crippen LogP contribution in [0, 0.1) is 5.92 Å². The van der Waals surface area contributed by atoms with Crippen molar-refractivity contribution in [2.45, 2.75) is 31.7 Å². The van der Waals surface area contributed by atoms with Gasteiger partial charge in [0, 0.05) is 13.1 Å². The fourth-order valence-corrected chi connectivity index (χ4v) is 2.68. The molecule has 2 atom stereocenters. The van der Waals surface area contributed by atoms with E-state index in [-0.39, 0.29) is 17.9 Å². The maximum Gasteiger partial charge on any atom is 0.227 e. The minimum Gasteiger partial charge on any atom is -0.492 e. The van der Waals surface area contributed by atoms with Crippen LogP contribution < -0.4 is 10.5 Å². The van der Waals surface area contributed by atoms with Crippen LogP contribution in [0.25, 0.3) is 0 Å². The van der Waals surface area contributed by atoms with Crippen molar-refractivity contribution < 1.29 is 9.53 Å². The van der Waals surface area contributed by atoms with E-state index in [4.69, 9.17) is 10.5 Å². The van der Waals surface area contributed by atoms with E-state index in [2.05, 4.69) is 0 Å². The monoisotopic (exact) mass is 276 g/mol. The minimum atomic E-state index is -0.00882. The molecule has 1 aromatic rings. The van der Waals surface area contributed by atoms with Crippen LogP contribution >= 0.6 is 0 Å². The summed E-state index contributed by atoms with van der Waals surface area (Å²) in [4.78, 5) is 14.1. The van der Waals surface area contributed by atoms with Crippen molar-refractivity contribution in [3.63, 3.8) is 0 Å². The van der Waals surface area contributed by atoms with E-state index in [0.29, 0.717) is 13.2 Å². The molecule has 0 bridgehead atoms. The molecule has 1 saturated carbocycles. The Balaban J connectivity index is 1.76. The van der Waals surface area contributed by atoms with Crippen LogP contribution in [0.1, 0.15) is 25.7 Å². The van der Waals surface area contributed by atoms with Crippen molar-refractivity contribution in [2.24, 2.45) is 11.7 Å². The number of carbonyl (C=O) groups is 1. The number of para-hydroxylation sites is 1. The maximum atomic E-state index is 12.3. The Morgan fingerprint density at radius 1 is 1.30 bits per heavy atom. The molecule has 1 aliphatic carbocycles. The van der Waals surface area contributed by atoms with Crippen molar-refractivity contribution in [3.05, 3.63) is 30.3 Å². The number of amides is 1. The molecule has 20 heavy (non-hydrogen) atoms. The number of hydrogen-bond donors (Lipinski definition) is 1. The highest BCUT2D eigenvalue weighted by Gasteiger charge is 2.30. The molecule has 110 valence electrons. The number of nitrogens with two attached hydrogens (primary N) is 1. The predicted octanol–water partition coefficient (Wildman–Crippen LogP) is 2.04. The van der Waals surface area contributed by atoms with Gasteiger partial charge in [0.1, 0.15) is 12.4 Å². The van der Waals surface area contributed by atoms with Crippen molar-refractivity contribution in [2.75, 3.05) is 20.2 Å². The molecule has 1 aliphatic rings. The number of rotatable bonds is 5. The lowest BCUT2D eigenvalue weighted by atomic mass is 9.84. The van der Waals surface area contributed by atoms with Gasteiger partial charge >= 0.3 is 0 Å². The summed E-state index contributed by atoms with van der Waals surface area (Å²) in [5, 5.41) is 0. The summed E-state index contributed by atoms with van der Waals surface area (Å²) in [5.41, 5.74) is 6.06. The third kappa shape index (κ3) is 3.97. The zero-order valence-corrected chi connectivity index (χ0v) is 12.1. The molecule has 1 aromatic carbocycles. The average Bonchev–Trinajstić information content (AvgIpc) is 2.48. The second-order valence-electron chi connectivity index (χ2n) is 5.48. The average molecular weight is 276 g/mol. The predicted molar refractivity (Wildman–Crippen MR) is 79.5 cm³/mol. The Bertz CT molecular complexity index is 422. The van der Waals surface area contributed by atoms with Gasteiger partial charge in [0.05, 0.1) is 12.5 Å². The number of benzene rings is 1. The van der Waals surface area contributed by atoms with E-state index in [1.807, 2.05) is 37.4 Å². The summed E-state index contributed by atoms with van der Waals surface area (Å²) in [6.45, 7) is 1.10. The molecule has 1 amide bonds. The summed E-state index contributed by atoms with van der Waals surface area (Å²) in [6, 6.07) is 9.68. The van der Waals surface area contributed by atoms with Gasteiger partial charge in [0.2, 0.25) is 5.91 Å². The highest BCUT2D eigenvalue weighted by atomic mass is 16.5. The van der Waals surface area contributed by atoms with Crippen LogP contribution in [0.3, 0.4) is 0 Å². The van der Waals surface area contributed by atoms with Gasteiger partial charge in [-0.2, -0.15) is 0 Å². The summed E-state index contributed by atoms with van der Waals surface area (Å²) < 4.78 is 5.62. The maximum absolute atomic E-state index is 12.3. The molecule has 0 radical (unpaired) electrons. The molecule has 0 saturated heterocycles. The van der Waals surface area contributed by atoms with E-state index in [9.17, 15) is 4.79 Å². The summed E-state index contributed by atoms with van der Waals surface area (Å²) in [7, 11) is 1.83. The number of likely N-dealkylation sites (N-methyl/N-ethyl adjacent to an activating group) is 1. The van der Waals surface area contributed by atoms with E-state index < -0.39 is 0 Å². The molecular formula is C16H24N2O2. The topological polar surface area (TPSA) is 55.6 Å². The SMILES string of the molecule is CN(CCOc1ccccc1)C(=O)C1CCCCC1N. The molecule has 2 N–H and O–H groups in total. The highest BCUT2D eigenvalue weighted by Crippen LogP contribution is 2.24. The lowest BCUT2D eigenvalue weighted by molar-refractivity contribution is -0.136. The molecule has 2 rings (SSSR count). The first-order valence-electron chi connectivity index (χ1n) is 7.37. The van der Waals surface area contributed by atoms with Crippen LogP contribution in [0.2, 0.25) is 0 Å². The molecular weight excluding hydrogens is 252 g/mol. The second-order valence-corrected chi connectivity index (χ2v) is 5.48. The van der Waals surface area contributed by atoms with Crippen molar-refractivity contribution in [3.8, 4) is 5.75 Å². The third-order valence-corrected chi connectivity index (χ3v) is 3.95. The zero-order chi connectivity index (χ0) is 14.4. The lowest BCUT2D eigenvalue weighted by Crippen LogP contribution is -2.45. The van der Waals surface area contributed by atoms with Gasteiger partial charge in [0.15, 0.2) is 0 Å². The first kappa shape index (κ1) is 14.9. The number of ether oxygens (including phenoxy) is 1. The Morgan fingerprint density at radius 2 is 2.00 bits per heavy atom. The summed E-state index contributed by atoms with van der Waals surface area (Å²) in [5.74, 6) is 0.988. The number of nitrogens with zero attached hydrogens (tertiary/aromatic N) is 1. The van der Waals surface area contributed by atoms with Gasteiger partial charge in [-0.1, -0.05) is 31.0 Å². The van der Waals surface area contributed by atoms with Gasteiger partial charge in [-0.25, -0.2) is 0 Å². The van der Waals surface area contributed by atoms with Gasteiger partial charge < -0.3 is 15.4 Å². The van der Waals surface area contributed by atoms with Gasteiger partial charge in [-0.15, -0.1) is 0 Å². The lowest BCUT2D eigenvalue weighted by Gasteiger charge is -2.31. The van der Waals surface area contributed by atoms with E-state index >= 15 is 0 Å². The Hall–Kier alpha value is -1.55. The van der Waals surface area contributed by atoms with Gasteiger partial charge in [-0.3, -0.25) is 4.79 Å². The van der Waals surface area contributed by atoms with Crippen LogP contribution in [-0.4, -0.2) is 37.0 Å². The normalized spacial score (nSPS) is 22.3. The molecule has 0 spiro atoms. The van der Waals surface area contributed by atoms with E-state index in [1.54, 1.807) is 4.90 Å². The first-order chi connectivity index (χ1) is 9.68. The molecule has 4 heteroatoms. The molecule has 1 fully saturated rings. The standard InChI is InChI=1S/C16H24N2O2/c1-18(11-12-20-13-7-3-2-4-8-13)16(19)14-9-5-6-10-15(14)17/h2-4,7-8,14-15H,5-6,9-12,17H2,1H3. The number of hydrogen-bond acceptors (Lipinski definition) is 3. The second kappa shape index (κ2) is 7.29. The number of carbonyl (C=O) groups excluding carboxylic acids is 1. The Labute approximate surface area is 120 Å². The minimum absolute atomic E-state index is 0.00882. The molecule has 0 aromatic heterocycles. The fourth-order valence-electron chi connectivity index (χ4n) is 2.68. The Kier molecular flexibility index (Phi) is 5.41. The fraction of sp³-hybridized carbons (Fsp3) is 0.562. The highest BCUT2D eigenvalue weighted by molar-refractivity contribution is 5.79. The van der Waals surface area contributed by atoms with Crippen LogP contribution in [0.15, 0.2) is 30.3 Å².